The van der Waals surface area contributed by atoms with E-state index in [1.165, 1.54) is 19.2 Å². The molecule has 0 radical (unpaired) electrons. The fraction of sp³-hybridized carbons (Fsp3) is 0.375. The fourth-order valence-corrected chi connectivity index (χ4v) is 2.89. The molecule has 0 atom stereocenters. The summed E-state index contributed by atoms with van der Waals surface area (Å²) in [7, 11) is 1.43. The summed E-state index contributed by atoms with van der Waals surface area (Å²) < 4.78 is 0. The van der Waals surface area contributed by atoms with Crippen LogP contribution in [0.1, 0.15) is 43.9 Å². The number of carbonyl (C=O) groups is 3. The molecule has 3 amide bonds. The van der Waals surface area contributed by atoms with Gasteiger partial charge in [-0.15, -0.1) is 0 Å². The molecule has 2 aliphatic rings. The quantitative estimate of drug-likeness (QED) is 0.731. The molecule has 1 aromatic rings. The molecule has 112 valence electrons. The number of piperidine rings is 1. The highest BCUT2D eigenvalue weighted by Crippen LogP contribution is 2.24. The first kappa shape index (κ1) is 14.3. The van der Waals surface area contributed by atoms with E-state index in [9.17, 15) is 14.4 Å². The molecule has 1 fully saturated rings. The van der Waals surface area contributed by atoms with E-state index in [4.69, 9.17) is 5.26 Å². The van der Waals surface area contributed by atoms with Crippen LogP contribution in [0.5, 0.6) is 0 Å². The molecule has 2 aliphatic heterocycles. The van der Waals surface area contributed by atoms with Gasteiger partial charge in [-0.25, -0.2) is 0 Å². The summed E-state index contributed by atoms with van der Waals surface area (Å²) in [5.41, 5.74) is 1.03. The molecule has 2 heterocycles. The van der Waals surface area contributed by atoms with E-state index in [0.29, 0.717) is 37.1 Å². The molecular weight excluding hydrogens is 282 g/mol. The van der Waals surface area contributed by atoms with Crippen molar-refractivity contribution in [2.75, 3.05) is 20.1 Å². The van der Waals surface area contributed by atoms with Crippen LogP contribution in [0.25, 0.3) is 0 Å². The number of carbonyl (C=O) groups excluding carboxylic acids is 3. The molecule has 6 nitrogen and oxygen atoms in total. The van der Waals surface area contributed by atoms with E-state index in [1.54, 1.807) is 11.0 Å². The second-order valence-corrected chi connectivity index (χ2v) is 5.63. The van der Waals surface area contributed by atoms with Gasteiger partial charge in [0, 0.05) is 31.6 Å². The lowest BCUT2D eigenvalue weighted by molar-refractivity contribution is 0.0690. The number of likely N-dealkylation sites (tertiary alicyclic amines) is 1. The Balaban J connectivity index is 1.83. The Labute approximate surface area is 127 Å². The molecule has 1 saturated heterocycles. The van der Waals surface area contributed by atoms with Crippen molar-refractivity contribution in [3.63, 3.8) is 0 Å². The van der Waals surface area contributed by atoms with E-state index < -0.39 is 0 Å². The third kappa shape index (κ3) is 2.15. The van der Waals surface area contributed by atoms with Crippen LogP contribution in [-0.2, 0) is 0 Å². The van der Waals surface area contributed by atoms with Gasteiger partial charge in [-0.05, 0) is 31.0 Å². The van der Waals surface area contributed by atoms with Gasteiger partial charge in [0.05, 0.1) is 17.2 Å². The molecule has 0 saturated carbocycles. The highest BCUT2D eigenvalue weighted by molar-refractivity contribution is 6.21. The van der Waals surface area contributed by atoms with Crippen molar-refractivity contribution in [3.8, 4) is 6.07 Å². The number of hydrogen-bond donors (Lipinski definition) is 0. The average Bonchev–Trinajstić information content (AvgIpc) is 2.78. The maximum Gasteiger partial charge on any atom is 0.261 e. The molecule has 6 heteroatoms. The molecule has 0 spiro atoms. The van der Waals surface area contributed by atoms with E-state index in [-0.39, 0.29) is 29.2 Å². The molecular formula is C16H15N3O3. The smallest absolute Gasteiger partial charge is 0.261 e. The Morgan fingerprint density at radius 2 is 1.82 bits per heavy atom. The number of nitriles is 1. The van der Waals surface area contributed by atoms with Crippen LogP contribution in [0.2, 0.25) is 0 Å². The van der Waals surface area contributed by atoms with E-state index in [1.807, 2.05) is 0 Å². The number of nitrogens with zero attached hydrogens (tertiary/aromatic N) is 3. The Morgan fingerprint density at radius 1 is 1.18 bits per heavy atom. The summed E-state index contributed by atoms with van der Waals surface area (Å²) in [4.78, 5) is 39.1. The first-order chi connectivity index (χ1) is 10.5. The van der Waals surface area contributed by atoms with Gasteiger partial charge < -0.3 is 4.90 Å². The summed E-state index contributed by atoms with van der Waals surface area (Å²) >= 11 is 0. The van der Waals surface area contributed by atoms with E-state index >= 15 is 0 Å². The topological polar surface area (TPSA) is 81.5 Å². The van der Waals surface area contributed by atoms with E-state index in [2.05, 4.69) is 6.07 Å². The Kier molecular flexibility index (Phi) is 3.41. The summed E-state index contributed by atoms with van der Waals surface area (Å²) in [5.74, 6) is -0.863. The lowest BCUT2D eigenvalue weighted by Gasteiger charge is -2.29. The zero-order valence-corrected chi connectivity index (χ0v) is 12.2. The predicted octanol–water partition coefficient (Wildman–Crippen LogP) is 1.29. The first-order valence-corrected chi connectivity index (χ1v) is 7.18. The van der Waals surface area contributed by atoms with Crippen molar-refractivity contribution >= 4 is 17.7 Å². The first-order valence-electron chi connectivity index (χ1n) is 7.18. The fourth-order valence-electron chi connectivity index (χ4n) is 2.89. The number of hydrogen-bond acceptors (Lipinski definition) is 4. The molecule has 0 aromatic heterocycles. The van der Waals surface area contributed by atoms with Gasteiger partial charge in [0.15, 0.2) is 0 Å². The molecule has 1 aromatic carbocycles. The SMILES string of the molecule is CN1C(=O)c2ccc(C(=O)N3CCC(C#N)CC3)cc2C1=O. The number of fused-ring (bicyclic) bond motifs is 1. The van der Waals surface area contributed by atoms with Gasteiger partial charge in [-0.3, -0.25) is 19.3 Å². The number of rotatable bonds is 1. The minimum absolute atomic E-state index is 0.0110. The van der Waals surface area contributed by atoms with Crippen LogP contribution in [0, 0.1) is 17.2 Å². The van der Waals surface area contributed by atoms with Gasteiger partial charge in [-0.2, -0.15) is 5.26 Å². The van der Waals surface area contributed by atoms with Gasteiger partial charge in [0.1, 0.15) is 0 Å². The lowest BCUT2D eigenvalue weighted by Crippen LogP contribution is -2.38. The third-order valence-electron chi connectivity index (χ3n) is 4.30. The zero-order chi connectivity index (χ0) is 15.9. The minimum atomic E-state index is -0.377. The minimum Gasteiger partial charge on any atom is -0.339 e. The van der Waals surface area contributed by atoms with Gasteiger partial charge >= 0.3 is 0 Å². The summed E-state index contributed by atoms with van der Waals surface area (Å²) in [6.07, 6.45) is 1.35. The number of benzene rings is 1. The van der Waals surface area contributed by atoms with Crippen LogP contribution >= 0.6 is 0 Å². The average molecular weight is 297 g/mol. The largest absolute Gasteiger partial charge is 0.339 e. The van der Waals surface area contributed by atoms with E-state index in [0.717, 1.165) is 4.90 Å². The second kappa shape index (κ2) is 5.26. The van der Waals surface area contributed by atoms with Crippen LogP contribution < -0.4 is 0 Å². The Hall–Kier alpha value is -2.68. The van der Waals surface area contributed by atoms with Crippen molar-refractivity contribution < 1.29 is 14.4 Å². The molecule has 0 N–H and O–H groups in total. The normalized spacial score (nSPS) is 18.4. The molecule has 22 heavy (non-hydrogen) atoms. The molecule has 3 rings (SSSR count). The second-order valence-electron chi connectivity index (χ2n) is 5.63. The van der Waals surface area contributed by atoms with Gasteiger partial charge in [0.25, 0.3) is 17.7 Å². The Bertz CT molecular complexity index is 712. The monoisotopic (exact) mass is 297 g/mol. The maximum absolute atomic E-state index is 12.5. The zero-order valence-electron chi connectivity index (χ0n) is 12.2. The summed E-state index contributed by atoms with van der Waals surface area (Å²) in [6.45, 7) is 1.09. The maximum atomic E-state index is 12.5. The highest BCUT2D eigenvalue weighted by Gasteiger charge is 2.34. The van der Waals surface area contributed by atoms with Crippen LogP contribution in [0.3, 0.4) is 0 Å². The predicted molar refractivity (Wildman–Crippen MR) is 77.1 cm³/mol. The van der Waals surface area contributed by atoms with Crippen LogP contribution in [-0.4, -0.2) is 47.7 Å². The van der Waals surface area contributed by atoms with Crippen molar-refractivity contribution in [3.05, 3.63) is 34.9 Å². The van der Waals surface area contributed by atoms with Crippen molar-refractivity contribution in [2.24, 2.45) is 5.92 Å². The van der Waals surface area contributed by atoms with Crippen molar-refractivity contribution in [1.29, 1.82) is 5.26 Å². The summed E-state index contributed by atoms with van der Waals surface area (Å²) in [6, 6.07) is 6.85. The van der Waals surface area contributed by atoms with Crippen molar-refractivity contribution in [2.45, 2.75) is 12.8 Å². The van der Waals surface area contributed by atoms with Gasteiger partial charge in [-0.1, -0.05) is 0 Å². The molecule has 0 unspecified atom stereocenters. The van der Waals surface area contributed by atoms with Crippen molar-refractivity contribution in [1.82, 2.24) is 9.80 Å². The number of imide groups is 1. The highest BCUT2D eigenvalue weighted by atomic mass is 16.2. The number of amides is 3. The Morgan fingerprint density at radius 3 is 2.45 bits per heavy atom. The molecule has 0 aliphatic carbocycles. The summed E-state index contributed by atoms with van der Waals surface area (Å²) in [5, 5.41) is 8.89. The van der Waals surface area contributed by atoms with Crippen LogP contribution in [0.4, 0.5) is 0 Å². The standard InChI is InChI=1S/C16H15N3O3/c1-18-15(21)12-3-2-11(8-13(12)16(18)22)14(20)19-6-4-10(9-17)5-7-19/h2-3,8,10H,4-7H2,1H3. The van der Waals surface area contributed by atoms with Crippen LogP contribution in [0.15, 0.2) is 18.2 Å². The molecule has 0 bridgehead atoms. The lowest BCUT2D eigenvalue weighted by atomic mass is 9.97. The van der Waals surface area contributed by atoms with Gasteiger partial charge in [0.2, 0.25) is 0 Å². The third-order valence-corrected chi connectivity index (χ3v) is 4.30.